The predicted molar refractivity (Wildman–Crippen MR) is 81.0 cm³/mol. The fourth-order valence-electron chi connectivity index (χ4n) is 2.40. The molecule has 0 radical (unpaired) electrons. The molecule has 3 aromatic rings. The van der Waals surface area contributed by atoms with Gasteiger partial charge < -0.3 is 11.5 Å². The molecule has 0 saturated heterocycles. The van der Waals surface area contributed by atoms with Crippen LogP contribution in [-0.4, -0.2) is 9.97 Å². The van der Waals surface area contributed by atoms with Crippen LogP contribution in [-0.2, 0) is 6.42 Å². The summed E-state index contributed by atoms with van der Waals surface area (Å²) in [6, 6.07) is 13.7. The molecule has 0 bridgehead atoms. The Balaban J connectivity index is 1.97. The van der Waals surface area contributed by atoms with Crippen LogP contribution in [0.4, 0.5) is 5.82 Å². The summed E-state index contributed by atoms with van der Waals surface area (Å²) in [6.45, 7) is 0. The van der Waals surface area contributed by atoms with Crippen LogP contribution in [0.2, 0.25) is 0 Å². The summed E-state index contributed by atoms with van der Waals surface area (Å²) in [6.07, 6.45) is 4.10. The van der Waals surface area contributed by atoms with Gasteiger partial charge in [-0.25, -0.2) is 4.98 Å². The first-order chi connectivity index (χ1) is 9.75. The minimum Gasteiger partial charge on any atom is -0.383 e. The average Bonchev–Trinajstić information content (AvgIpc) is 2.49. The van der Waals surface area contributed by atoms with Crippen molar-refractivity contribution in [2.24, 2.45) is 5.73 Å². The molecule has 100 valence electrons. The zero-order chi connectivity index (χ0) is 13.9. The van der Waals surface area contributed by atoms with Crippen molar-refractivity contribution in [2.75, 3.05) is 5.73 Å². The highest BCUT2D eigenvalue weighted by molar-refractivity contribution is 5.84. The molecule has 20 heavy (non-hydrogen) atoms. The van der Waals surface area contributed by atoms with Gasteiger partial charge in [-0.3, -0.25) is 4.98 Å². The zero-order valence-electron chi connectivity index (χ0n) is 11.0. The number of hydrogen-bond acceptors (Lipinski definition) is 4. The van der Waals surface area contributed by atoms with E-state index in [9.17, 15) is 0 Å². The molecular formula is C16H16N4. The third-order valence-electron chi connectivity index (χ3n) is 3.42. The Labute approximate surface area is 117 Å². The minimum absolute atomic E-state index is 0.201. The molecule has 4 heteroatoms. The minimum atomic E-state index is -0.201. The van der Waals surface area contributed by atoms with E-state index < -0.39 is 0 Å². The number of anilines is 1. The highest BCUT2D eigenvalue weighted by Gasteiger charge is 2.13. The van der Waals surface area contributed by atoms with E-state index in [1.54, 1.807) is 12.4 Å². The first-order valence-electron chi connectivity index (χ1n) is 6.54. The molecule has 0 aliphatic heterocycles. The fourth-order valence-corrected chi connectivity index (χ4v) is 2.40. The molecule has 4 N–H and O–H groups in total. The number of nitrogen functional groups attached to an aromatic ring is 1. The van der Waals surface area contributed by atoms with Gasteiger partial charge in [-0.05, 0) is 29.5 Å². The topological polar surface area (TPSA) is 77.8 Å². The van der Waals surface area contributed by atoms with Crippen molar-refractivity contribution in [2.45, 2.75) is 12.5 Å². The lowest BCUT2D eigenvalue weighted by Gasteiger charge is -2.14. The summed E-state index contributed by atoms with van der Waals surface area (Å²) in [7, 11) is 0. The normalized spacial score (nSPS) is 12.4. The van der Waals surface area contributed by atoms with Gasteiger partial charge in [-0.2, -0.15) is 0 Å². The van der Waals surface area contributed by atoms with Crippen molar-refractivity contribution in [3.63, 3.8) is 0 Å². The summed E-state index contributed by atoms with van der Waals surface area (Å²) >= 11 is 0. The standard InChI is InChI=1S/C16H16N4/c17-14(10-12-5-3-8-20-16(12)18)15-13-6-2-1-4-11(13)7-9-19-15/h1-9,14H,10,17H2,(H2,18,20). The lowest BCUT2D eigenvalue weighted by molar-refractivity contribution is 0.703. The summed E-state index contributed by atoms with van der Waals surface area (Å²) in [5, 5.41) is 2.23. The first-order valence-corrected chi connectivity index (χ1v) is 6.54. The van der Waals surface area contributed by atoms with Crippen molar-refractivity contribution >= 4 is 16.6 Å². The summed E-state index contributed by atoms with van der Waals surface area (Å²) in [5.41, 5.74) is 14.0. The van der Waals surface area contributed by atoms with Gasteiger partial charge in [0, 0.05) is 17.8 Å². The highest BCUT2D eigenvalue weighted by atomic mass is 14.8. The number of benzene rings is 1. The Hall–Kier alpha value is -2.46. The van der Waals surface area contributed by atoms with Crippen LogP contribution >= 0.6 is 0 Å². The molecule has 0 saturated carbocycles. The van der Waals surface area contributed by atoms with E-state index in [1.165, 1.54) is 0 Å². The molecular weight excluding hydrogens is 248 g/mol. The van der Waals surface area contributed by atoms with Crippen LogP contribution < -0.4 is 11.5 Å². The molecule has 0 spiro atoms. The number of pyridine rings is 2. The third kappa shape index (κ3) is 2.33. The van der Waals surface area contributed by atoms with Crippen molar-refractivity contribution in [3.05, 3.63) is 66.1 Å². The number of hydrogen-bond donors (Lipinski definition) is 2. The van der Waals surface area contributed by atoms with Crippen molar-refractivity contribution in [1.29, 1.82) is 0 Å². The summed E-state index contributed by atoms with van der Waals surface area (Å²) in [5.74, 6) is 0.531. The lowest BCUT2D eigenvalue weighted by Crippen LogP contribution is -2.16. The molecule has 0 fully saturated rings. The average molecular weight is 264 g/mol. The predicted octanol–water partition coefficient (Wildman–Crippen LogP) is 2.45. The van der Waals surface area contributed by atoms with Crippen LogP contribution in [0.1, 0.15) is 17.3 Å². The number of rotatable bonds is 3. The van der Waals surface area contributed by atoms with Gasteiger partial charge in [0.25, 0.3) is 0 Å². The highest BCUT2D eigenvalue weighted by Crippen LogP contribution is 2.24. The molecule has 2 heterocycles. The largest absolute Gasteiger partial charge is 0.383 e. The second-order valence-electron chi connectivity index (χ2n) is 4.78. The zero-order valence-corrected chi connectivity index (χ0v) is 11.0. The van der Waals surface area contributed by atoms with Gasteiger partial charge in [0.1, 0.15) is 5.82 Å². The van der Waals surface area contributed by atoms with Gasteiger partial charge in [-0.1, -0.05) is 30.3 Å². The van der Waals surface area contributed by atoms with Crippen LogP contribution in [0, 0.1) is 0 Å². The second kappa shape index (κ2) is 5.27. The molecule has 1 aromatic carbocycles. The monoisotopic (exact) mass is 264 g/mol. The molecule has 0 aliphatic carbocycles. The SMILES string of the molecule is Nc1ncccc1CC(N)c1nccc2ccccc12. The van der Waals surface area contributed by atoms with Gasteiger partial charge in [0.05, 0.1) is 11.7 Å². The van der Waals surface area contributed by atoms with Crippen molar-refractivity contribution < 1.29 is 0 Å². The second-order valence-corrected chi connectivity index (χ2v) is 4.78. The molecule has 0 aliphatic rings. The third-order valence-corrected chi connectivity index (χ3v) is 3.42. The van der Waals surface area contributed by atoms with E-state index in [4.69, 9.17) is 11.5 Å². The Morgan fingerprint density at radius 3 is 2.65 bits per heavy atom. The van der Waals surface area contributed by atoms with Gasteiger partial charge in [-0.15, -0.1) is 0 Å². The van der Waals surface area contributed by atoms with E-state index in [0.717, 1.165) is 22.0 Å². The van der Waals surface area contributed by atoms with Crippen molar-refractivity contribution in [1.82, 2.24) is 9.97 Å². The van der Waals surface area contributed by atoms with Gasteiger partial charge >= 0.3 is 0 Å². The fraction of sp³-hybridized carbons (Fsp3) is 0.125. The van der Waals surface area contributed by atoms with Gasteiger partial charge in [0.15, 0.2) is 0 Å². The smallest absolute Gasteiger partial charge is 0.126 e. The van der Waals surface area contributed by atoms with E-state index in [0.29, 0.717) is 12.2 Å². The first kappa shape index (κ1) is 12.6. The van der Waals surface area contributed by atoms with Crippen LogP contribution in [0.25, 0.3) is 10.8 Å². The number of nitrogens with two attached hydrogens (primary N) is 2. The number of aromatic nitrogens is 2. The van der Waals surface area contributed by atoms with Crippen LogP contribution in [0.15, 0.2) is 54.9 Å². The van der Waals surface area contributed by atoms with Crippen LogP contribution in [0.3, 0.4) is 0 Å². The maximum atomic E-state index is 6.32. The van der Waals surface area contributed by atoms with Gasteiger partial charge in [0.2, 0.25) is 0 Å². The van der Waals surface area contributed by atoms with Crippen molar-refractivity contribution in [3.8, 4) is 0 Å². The quantitative estimate of drug-likeness (QED) is 0.761. The molecule has 2 aromatic heterocycles. The molecule has 3 rings (SSSR count). The Morgan fingerprint density at radius 1 is 0.950 bits per heavy atom. The lowest BCUT2D eigenvalue weighted by atomic mass is 10.00. The summed E-state index contributed by atoms with van der Waals surface area (Å²) in [4.78, 5) is 8.54. The molecule has 0 amide bonds. The van der Waals surface area contributed by atoms with E-state index >= 15 is 0 Å². The van der Waals surface area contributed by atoms with E-state index in [2.05, 4.69) is 16.0 Å². The Morgan fingerprint density at radius 2 is 1.80 bits per heavy atom. The van der Waals surface area contributed by atoms with E-state index in [1.807, 2.05) is 36.4 Å². The maximum Gasteiger partial charge on any atom is 0.126 e. The summed E-state index contributed by atoms with van der Waals surface area (Å²) < 4.78 is 0. The Bertz CT molecular complexity index is 734. The van der Waals surface area contributed by atoms with Crippen LogP contribution in [0.5, 0.6) is 0 Å². The Kier molecular flexibility index (Phi) is 3.31. The van der Waals surface area contributed by atoms with E-state index in [-0.39, 0.29) is 6.04 Å². The number of nitrogens with zero attached hydrogens (tertiary/aromatic N) is 2. The molecule has 1 unspecified atom stereocenters. The number of fused-ring (bicyclic) bond motifs is 1. The maximum absolute atomic E-state index is 6.32. The molecule has 1 atom stereocenters. The molecule has 4 nitrogen and oxygen atoms in total.